The van der Waals surface area contributed by atoms with Crippen molar-refractivity contribution in [2.75, 3.05) is 34.8 Å². The molecule has 1 aliphatic rings. The number of carbonyl (C=O) groups is 2. The van der Waals surface area contributed by atoms with E-state index in [1.807, 2.05) is 0 Å². The molecule has 1 fully saturated rings. The van der Waals surface area contributed by atoms with E-state index < -0.39 is 22.1 Å². The monoisotopic (exact) mass is 544 g/mol. The van der Waals surface area contributed by atoms with Gasteiger partial charge in [-0.2, -0.15) is 0 Å². The number of nitrogens with zero attached hydrogens (tertiary/aromatic N) is 3. The van der Waals surface area contributed by atoms with E-state index in [-0.39, 0.29) is 16.9 Å². The van der Waals surface area contributed by atoms with Gasteiger partial charge in [-0.05, 0) is 36.6 Å². The summed E-state index contributed by atoms with van der Waals surface area (Å²) in [7, 11) is -1.99. The second-order valence-corrected chi connectivity index (χ2v) is 10.4. The van der Waals surface area contributed by atoms with Crippen molar-refractivity contribution in [3.63, 3.8) is 0 Å². The molecule has 0 aliphatic carbocycles. The minimum Gasteiger partial charge on any atom is -0.495 e. The van der Waals surface area contributed by atoms with Crippen molar-refractivity contribution >= 4 is 50.8 Å². The maximum atomic E-state index is 13.3. The average Bonchev–Trinajstić information content (AvgIpc) is 2.86. The van der Waals surface area contributed by atoms with Crippen LogP contribution < -0.4 is 25.0 Å². The number of aromatic nitrogens is 2. The molecule has 37 heavy (non-hydrogen) atoms. The Kier molecular flexibility index (Phi) is 7.79. The Balaban J connectivity index is 1.54. The number of rotatable bonds is 7. The number of hydrogen-bond donors (Lipinski definition) is 3. The predicted octanol–water partition coefficient (Wildman–Crippen LogP) is 3.49. The van der Waals surface area contributed by atoms with Crippen molar-refractivity contribution in [2.24, 2.45) is 0 Å². The Bertz CT molecular complexity index is 1420. The van der Waals surface area contributed by atoms with Crippen LogP contribution in [0.5, 0.6) is 5.75 Å². The van der Waals surface area contributed by atoms with Gasteiger partial charge in [0.2, 0.25) is 15.9 Å². The van der Waals surface area contributed by atoms with Crippen LogP contribution in [0, 0.1) is 0 Å². The third kappa shape index (κ3) is 6.46. The molecule has 0 saturated carbocycles. The number of methoxy groups -OCH3 is 1. The number of piperidine rings is 1. The van der Waals surface area contributed by atoms with Crippen molar-refractivity contribution in [3.05, 3.63) is 60.0 Å². The van der Waals surface area contributed by atoms with E-state index in [0.717, 1.165) is 6.26 Å². The summed E-state index contributed by atoms with van der Waals surface area (Å²) >= 11 is 5.71. The maximum absolute atomic E-state index is 13.3. The van der Waals surface area contributed by atoms with Crippen LogP contribution in [0.25, 0.3) is 11.1 Å². The predicted molar refractivity (Wildman–Crippen MR) is 141 cm³/mol. The molecule has 13 heteroatoms. The summed E-state index contributed by atoms with van der Waals surface area (Å²) in [5.41, 5.74) is 2.33. The Morgan fingerprint density at radius 1 is 1.16 bits per heavy atom. The summed E-state index contributed by atoms with van der Waals surface area (Å²) in [5.74, 6) is 0.347. The normalized spacial score (nSPS) is 15.7. The molecule has 3 aromatic rings. The molecule has 1 saturated heterocycles. The number of para-hydroxylation sites is 1. The van der Waals surface area contributed by atoms with Crippen LogP contribution in [0.15, 0.2) is 54.9 Å². The number of benzene rings is 2. The van der Waals surface area contributed by atoms with Crippen LogP contribution in [-0.4, -0.2) is 56.3 Å². The standard InChI is InChI=1S/C24H25ClN6O5S/c1-36-20-12-15(16-6-3-4-7-17(16)30-37(2,34)35)9-10-19(20)31-11-5-8-18(23(31)32)28-24(33)29-22-14-26-21(25)13-27-22/h3-4,6-7,9-10,12-14,18,30H,5,8,11H2,1-2H3,(H2,27,28,29,33)/t18-/m1/s1. The topological polar surface area (TPSA) is 143 Å². The number of ether oxygens (including phenoxy) is 1. The lowest BCUT2D eigenvalue weighted by atomic mass is 10.0. The first-order valence-electron chi connectivity index (χ1n) is 11.3. The van der Waals surface area contributed by atoms with Gasteiger partial charge in [0.1, 0.15) is 16.9 Å². The molecule has 0 radical (unpaired) electrons. The Morgan fingerprint density at radius 3 is 2.65 bits per heavy atom. The van der Waals surface area contributed by atoms with E-state index in [0.29, 0.717) is 47.6 Å². The van der Waals surface area contributed by atoms with Gasteiger partial charge in [0.15, 0.2) is 5.82 Å². The smallest absolute Gasteiger partial charge is 0.321 e. The molecular weight excluding hydrogens is 520 g/mol. The van der Waals surface area contributed by atoms with Crippen molar-refractivity contribution in [3.8, 4) is 16.9 Å². The summed E-state index contributed by atoms with van der Waals surface area (Å²) in [5, 5.41) is 5.42. The minimum absolute atomic E-state index is 0.194. The van der Waals surface area contributed by atoms with Gasteiger partial charge in [-0.15, -0.1) is 0 Å². The van der Waals surface area contributed by atoms with Gasteiger partial charge < -0.3 is 15.0 Å². The van der Waals surface area contributed by atoms with Crippen molar-refractivity contribution < 1.29 is 22.7 Å². The van der Waals surface area contributed by atoms with Crippen molar-refractivity contribution in [1.29, 1.82) is 0 Å². The number of amides is 3. The first kappa shape index (κ1) is 26.2. The number of hydrogen-bond acceptors (Lipinski definition) is 7. The second kappa shape index (κ2) is 11.0. The molecular formula is C24H25ClN6O5S. The molecule has 4 rings (SSSR count). The Morgan fingerprint density at radius 2 is 1.95 bits per heavy atom. The molecule has 1 aromatic heterocycles. The van der Waals surface area contributed by atoms with E-state index in [2.05, 4.69) is 25.3 Å². The summed E-state index contributed by atoms with van der Waals surface area (Å²) in [6.45, 7) is 0.448. The summed E-state index contributed by atoms with van der Waals surface area (Å²) in [6.07, 6.45) is 4.83. The molecule has 3 N–H and O–H groups in total. The number of halogens is 1. The highest BCUT2D eigenvalue weighted by Crippen LogP contribution is 2.37. The average molecular weight is 545 g/mol. The van der Waals surface area contributed by atoms with Gasteiger partial charge in [0.05, 0.1) is 37.1 Å². The number of urea groups is 1. The third-order valence-corrected chi connectivity index (χ3v) is 6.40. The highest BCUT2D eigenvalue weighted by Gasteiger charge is 2.32. The van der Waals surface area contributed by atoms with Crippen LogP contribution in [0.1, 0.15) is 12.8 Å². The number of nitrogens with one attached hydrogen (secondary N) is 3. The van der Waals surface area contributed by atoms with Gasteiger partial charge >= 0.3 is 6.03 Å². The van der Waals surface area contributed by atoms with E-state index in [9.17, 15) is 18.0 Å². The van der Waals surface area contributed by atoms with E-state index in [4.69, 9.17) is 16.3 Å². The van der Waals surface area contributed by atoms with Crippen LogP contribution in [0.2, 0.25) is 5.15 Å². The van der Waals surface area contributed by atoms with E-state index >= 15 is 0 Å². The van der Waals surface area contributed by atoms with Crippen LogP contribution in [-0.2, 0) is 14.8 Å². The van der Waals surface area contributed by atoms with Crippen LogP contribution >= 0.6 is 11.6 Å². The highest BCUT2D eigenvalue weighted by molar-refractivity contribution is 7.92. The number of carbonyl (C=O) groups excluding carboxylic acids is 2. The molecule has 2 heterocycles. The lowest BCUT2D eigenvalue weighted by Gasteiger charge is -2.33. The largest absolute Gasteiger partial charge is 0.495 e. The molecule has 1 atom stereocenters. The maximum Gasteiger partial charge on any atom is 0.321 e. The van der Waals surface area contributed by atoms with E-state index in [1.54, 1.807) is 47.4 Å². The molecule has 1 aliphatic heterocycles. The first-order valence-corrected chi connectivity index (χ1v) is 13.5. The SMILES string of the molecule is COc1cc(-c2ccccc2NS(C)(=O)=O)ccc1N1CCC[C@@H](NC(=O)Nc2cnc(Cl)cn2)C1=O. The highest BCUT2D eigenvalue weighted by atomic mass is 35.5. The summed E-state index contributed by atoms with van der Waals surface area (Å²) < 4.78 is 31.7. The van der Waals surface area contributed by atoms with Crippen LogP contribution in [0.3, 0.4) is 0 Å². The number of anilines is 3. The van der Waals surface area contributed by atoms with Gasteiger partial charge in [-0.25, -0.2) is 23.2 Å². The molecule has 0 unspecified atom stereocenters. The fraction of sp³-hybridized carbons (Fsp3) is 0.250. The fourth-order valence-electron chi connectivity index (χ4n) is 4.03. The first-order chi connectivity index (χ1) is 17.6. The van der Waals surface area contributed by atoms with Gasteiger partial charge in [-0.3, -0.25) is 14.8 Å². The quantitative estimate of drug-likeness (QED) is 0.413. The van der Waals surface area contributed by atoms with Crippen molar-refractivity contribution in [1.82, 2.24) is 15.3 Å². The second-order valence-electron chi connectivity index (χ2n) is 8.31. The zero-order chi connectivity index (χ0) is 26.6. The number of sulfonamides is 1. The lowest BCUT2D eigenvalue weighted by molar-refractivity contribution is -0.121. The van der Waals surface area contributed by atoms with Crippen LogP contribution in [0.4, 0.5) is 22.0 Å². The molecule has 0 spiro atoms. The van der Waals surface area contributed by atoms with Gasteiger partial charge in [0.25, 0.3) is 0 Å². The molecule has 0 bridgehead atoms. The molecule has 3 amide bonds. The molecule has 11 nitrogen and oxygen atoms in total. The Hall–Kier alpha value is -3.90. The van der Waals surface area contributed by atoms with E-state index in [1.165, 1.54) is 19.5 Å². The Labute approximate surface area is 219 Å². The minimum atomic E-state index is -3.48. The zero-order valence-corrected chi connectivity index (χ0v) is 21.6. The third-order valence-electron chi connectivity index (χ3n) is 5.61. The fourth-order valence-corrected chi connectivity index (χ4v) is 4.70. The van der Waals surface area contributed by atoms with Crippen molar-refractivity contribution in [2.45, 2.75) is 18.9 Å². The lowest BCUT2D eigenvalue weighted by Crippen LogP contribution is -2.53. The summed E-state index contributed by atoms with van der Waals surface area (Å²) in [4.78, 5) is 35.1. The van der Waals surface area contributed by atoms with Gasteiger partial charge in [-0.1, -0.05) is 35.9 Å². The van der Waals surface area contributed by atoms with Gasteiger partial charge in [0, 0.05) is 12.1 Å². The molecule has 2 aromatic carbocycles. The summed E-state index contributed by atoms with van der Waals surface area (Å²) in [6, 6.07) is 10.9. The molecule has 194 valence electrons. The zero-order valence-electron chi connectivity index (χ0n) is 20.1.